The van der Waals surface area contributed by atoms with Crippen molar-refractivity contribution in [3.05, 3.63) is 54.0 Å². The summed E-state index contributed by atoms with van der Waals surface area (Å²) in [5.74, 6) is 1.04. The Bertz CT molecular complexity index is 772. The van der Waals surface area contributed by atoms with Crippen LogP contribution in [0, 0.1) is 6.92 Å². The molecule has 4 heteroatoms. The van der Waals surface area contributed by atoms with Gasteiger partial charge in [0.1, 0.15) is 11.3 Å². The molecule has 0 aliphatic heterocycles. The first-order valence-corrected chi connectivity index (χ1v) is 6.64. The monoisotopic (exact) mass is 265 g/mol. The fourth-order valence-corrected chi connectivity index (χ4v) is 2.34. The number of carbonyl (C=O) groups is 1. The highest BCUT2D eigenvalue weighted by Crippen LogP contribution is 2.19. The Morgan fingerprint density at radius 2 is 1.95 bits per heavy atom. The highest BCUT2D eigenvalue weighted by molar-refractivity contribution is 5.96. The van der Waals surface area contributed by atoms with Gasteiger partial charge >= 0.3 is 0 Å². The van der Waals surface area contributed by atoms with Crippen molar-refractivity contribution >= 4 is 16.9 Å². The van der Waals surface area contributed by atoms with E-state index in [1.165, 1.54) is 0 Å². The van der Waals surface area contributed by atoms with Gasteiger partial charge in [-0.2, -0.15) is 0 Å². The molecule has 0 spiro atoms. The van der Waals surface area contributed by atoms with E-state index < -0.39 is 0 Å². The third kappa shape index (κ3) is 1.99. The predicted octanol–water partition coefficient (Wildman–Crippen LogP) is 3.32. The van der Waals surface area contributed by atoms with E-state index in [1.54, 1.807) is 6.20 Å². The maximum absolute atomic E-state index is 11.7. The molecule has 0 fully saturated rings. The van der Waals surface area contributed by atoms with Gasteiger partial charge in [0.05, 0.1) is 0 Å². The number of carbonyl (C=O) groups excluding carboxylic acids is 1. The zero-order valence-electron chi connectivity index (χ0n) is 11.5. The molecule has 0 unspecified atom stereocenters. The molecule has 3 rings (SSSR count). The van der Waals surface area contributed by atoms with E-state index in [1.807, 2.05) is 54.8 Å². The number of ketones is 1. The van der Waals surface area contributed by atoms with Crippen molar-refractivity contribution in [3.8, 4) is 5.69 Å². The van der Waals surface area contributed by atoms with Crippen LogP contribution < -0.4 is 0 Å². The number of fused-ring (bicyclic) bond motifs is 1. The molecule has 0 saturated carbocycles. The Hall–Kier alpha value is -2.49. The first-order chi connectivity index (χ1) is 9.70. The van der Waals surface area contributed by atoms with Crippen molar-refractivity contribution in [2.45, 2.75) is 20.3 Å². The number of benzene rings is 1. The molecule has 0 amide bonds. The van der Waals surface area contributed by atoms with E-state index in [2.05, 4.69) is 9.97 Å². The fourth-order valence-electron chi connectivity index (χ4n) is 2.34. The van der Waals surface area contributed by atoms with Crippen molar-refractivity contribution in [1.29, 1.82) is 0 Å². The van der Waals surface area contributed by atoms with Gasteiger partial charge in [-0.1, -0.05) is 6.92 Å². The molecule has 0 bridgehead atoms. The molecule has 1 aromatic carbocycles. The molecule has 2 aromatic heterocycles. The second kappa shape index (κ2) is 4.89. The van der Waals surface area contributed by atoms with E-state index in [-0.39, 0.29) is 5.78 Å². The van der Waals surface area contributed by atoms with Crippen molar-refractivity contribution in [1.82, 2.24) is 14.5 Å². The minimum atomic E-state index is 0.155. The van der Waals surface area contributed by atoms with Crippen LogP contribution in [0.2, 0.25) is 0 Å². The highest BCUT2D eigenvalue weighted by Gasteiger charge is 2.10. The van der Waals surface area contributed by atoms with E-state index in [0.717, 1.165) is 28.2 Å². The lowest BCUT2D eigenvalue weighted by molar-refractivity contribution is 0.0988. The van der Waals surface area contributed by atoms with Crippen LogP contribution in [0.3, 0.4) is 0 Å². The van der Waals surface area contributed by atoms with Crippen LogP contribution in [0.25, 0.3) is 16.9 Å². The zero-order valence-corrected chi connectivity index (χ0v) is 11.5. The molecule has 20 heavy (non-hydrogen) atoms. The van der Waals surface area contributed by atoms with Crippen LogP contribution in [0.15, 0.2) is 42.6 Å². The lowest BCUT2D eigenvalue weighted by Crippen LogP contribution is -2.00. The second-order valence-electron chi connectivity index (χ2n) is 4.66. The summed E-state index contributed by atoms with van der Waals surface area (Å²) in [6.45, 7) is 3.82. The number of pyridine rings is 1. The Labute approximate surface area is 117 Å². The van der Waals surface area contributed by atoms with Gasteiger partial charge in [0.25, 0.3) is 0 Å². The molecule has 2 heterocycles. The van der Waals surface area contributed by atoms with Crippen LogP contribution >= 0.6 is 0 Å². The molecule has 100 valence electrons. The van der Waals surface area contributed by atoms with Gasteiger partial charge in [-0.05, 0) is 43.3 Å². The molecular formula is C16H15N3O. The topological polar surface area (TPSA) is 47.8 Å². The molecule has 0 saturated heterocycles. The number of aryl methyl sites for hydroxylation is 1. The van der Waals surface area contributed by atoms with Gasteiger partial charge < -0.3 is 0 Å². The number of Topliss-reactive ketones (excluding diaryl/α,β-unsaturated/α-hetero) is 1. The van der Waals surface area contributed by atoms with Crippen molar-refractivity contribution in [3.63, 3.8) is 0 Å². The van der Waals surface area contributed by atoms with Crippen molar-refractivity contribution < 1.29 is 4.79 Å². The molecular weight excluding hydrogens is 250 g/mol. The second-order valence-corrected chi connectivity index (χ2v) is 4.66. The Morgan fingerprint density at radius 3 is 2.65 bits per heavy atom. The largest absolute Gasteiger partial charge is 0.294 e. The van der Waals surface area contributed by atoms with E-state index in [0.29, 0.717) is 6.42 Å². The van der Waals surface area contributed by atoms with Crippen LogP contribution in [0.1, 0.15) is 29.5 Å². The smallest absolute Gasteiger partial charge is 0.164 e. The molecule has 4 nitrogen and oxygen atoms in total. The Balaban J connectivity index is 2.11. The first-order valence-electron chi connectivity index (χ1n) is 6.64. The molecule has 0 aliphatic carbocycles. The number of nitrogens with zero attached hydrogens (tertiary/aromatic N) is 3. The van der Waals surface area contributed by atoms with Gasteiger partial charge in [-0.3, -0.25) is 9.36 Å². The number of imidazole rings is 1. The van der Waals surface area contributed by atoms with Gasteiger partial charge in [0.2, 0.25) is 0 Å². The standard InChI is InChI=1S/C16H15N3O/c1-3-15(20)12-6-8-13(9-7-12)19-11(2)18-14-5-4-10-17-16(14)19/h4-10H,3H2,1-2H3. The Kier molecular flexibility index (Phi) is 3.06. The minimum absolute atomic E-state index is 0.155. The van der Waals surface area contributed by atoms with Crippen molar-refractivity contribution in [2.24, 2.45) is 0 Å². The van der Waals surface area contributed by atoms with Gasteiger partial charge in [0.15, 0.2) is 11.4 Å². The number of hydrogen-bond acceptors (Lipinski definition) is 3. The van der Waals surface area contributed by atoms with E-state index >= 15 is 0 Å². The van der Waals surface area contributed by atoms with Gasteiger partial charge in [0, 0.05) is 23.9 Å². The summed E-state index contributed by atoms with van der Waals surface area (Å²) in [6, 6.07) is 11.4. The third-order valence-electron chi connectivity index (χ3n) is 3.35. The van der Waals surface area contributed by atoms with Crippen LogP contribution in [0.5, 0.6) is 0 Å². The summed E-state index contributed by atoms with van der Waals surface area (Å²) in [5, 5.41) is 0. The van der Waals surface area contributed by atoms with Gasteiger partial charge in [-0.25, -0.2) is 9.97 Å². The zero-order chi connectivity index (χ0) is 14.1. The molecule has 0 N–H and O–H groups in total. The summed E-state index contributed by atoms with van der Waals surface area (Å²) in [5.41, 5.74) is 3.42. The highest BCUT2D eigenvalue weighted by atomic mass is 16.1. The maximum Gasteiger partial charge on any atom is 0.164 e. The average molecular weight is 265 g/mol. The molecule has 0 radical (unpaired) electrons. The van der Waals surface area contributed by atoms with E-state index in [9.17, 15) is 4.79 Å². The van der Waals surface area contributed by atoms with Crippen LogP contribution in [-0.2, 0) is 0 Å². The SMILES string of the molecule is CCC(=O)c1ccc(-n2c(C)nc3cccnc32)cc1. The maximum atomic E-state index is 11.7. The Morgan fingerprint density at radius 1 is 1.20 bits per heavy atom. The van der Waals surface area contributed by atoms with Gasteiger partial charge in [-0.15, -0.1) is 0 Å². The quantitative estimate of drug-likeness (QED) is 0.682. The lowest BCUT2D eigenvalue weighted by atomic mass is 10.1. The number of rotatable bonds is 3. The summed E-state index contributed by atoms with van der Waals surface area (Å²) < 4.78 is 2.00. The normalized spacial score (nSPS) is 10.9. The fraction of sp³-hybridized carbons (Fsp3) is 0.188. The summed E-state index contributed by atoms with van der Waals surface area (Å²) in [7, 11) is 0. The molecule has 3 aromatic rings. The minimum Gasteiger partial charge on any atom is -0.294 e. The van der Waals surface area contributed by atoms with Crippen molar-refractivity contribution in [2.75, 3.05) is 0 Å². The summed E-state index contributed by atoms with van der Waals surface area (Å²) >= 11 is 0. The van der Waals surface area contributed by atoms with Crippen LogP contribution in [-0.4, -0.2) is 20.3 Å². The third-order valence-corrected chi connectivity index (χ3v) is 3.35. The summed E-state index contributed by atoms with van der Waals surface area (Å²) in [6.07, 6.45) is 2.28. The number of aromatic nitrogens is 3. The predicted molar refractivity (Wildman–Crippen MR) is 78.2 cm³/mol. The first kappa shape index (κ1) is 12.5. The number of hydrogen-bond donors (Lipinski definition) is 0. The average Bonchev–Trinajstić information content (AvgIpc) is 2.82. The molecule has 0 aliphatic rings. The summed E-state index contributed by atoms with van der Waals surface area (Å²) in [4.78, 5) is 20.5. The van der Waals surface area contributed by atoms with E-state index in [4.69, 9.17) is 0 Å². The lowest BCUT2D eigenvalue weighted by Gasteiger charge is -2.07. The molecule has 0 atom stereocenters. The van der Waals surface area contributed by atoms with Crippen LogP contribution in [0.4, 0.5) is 0 Å².